The van der Waals surface area contributed by atoms with Crippen LogP contribution in [-0.2, 0) is 17.9 Å². The van der Waals surface area contributed by atoms with Crippen molar-refractivity contribution < 1.29 is 19.0 Å². The van der Waals surface area contributed by atoms with E-state index < -0.39 is 0 Å². The number of nitrogens with zero attached hydrogens (tertiary/aromatic N) is 3. The number of ether oxygens (including phenoxy) is 1. The van der Waals surface area contributed by atoms with Crippen LogP contribution in [0.15, 0.2) is 24.3 Å². The van der Waals surface area contributed by atoms with E-state index in [1.807, 2.05) is 4.57 Å². The number of hydrogen-bond donors (Lipinski definition) is 2. The molecule has 1 aromatic heterocycles. The SMILES string of the molecule is COCCn1c(CO)nnc1C1CC(NC(=O)c2ccc(F)cc2)C1. The van der Waals surface area contributed by atoms with Crippen molar-refractivity contribution in [1.82, 2.24) is 20.1 Å². The zero-order chi connectivity index (χ0) is 17.8. The van der Waals surface area contributed by atoms with Gasteiger partial charge in [-0.05, 0) is 37.1 Å². The summed E-state index contributed by atoms with van der Waals surface area (Å²) < 4.78 is 19.9. The van der Waals surface area contributed by atoms with Crippen LogP contribution in [0.2, 0.25) is 0 Å². The number of hydrogen-bond acceptors (Lipinski definition) is 5. The Bertz CT molecular complexity index is 726. The van der Waals surface area contributed by atoms with Crippen LogP contribution in [-0.4, -0.2) is 45.5 Å². The summed E-state index contributed by atoms with van der Waals surface area (Å²) in [4.78, 5) is 12.1. The van der Waals surface area contributed by atoms with Crippen LogP contribution in [0.25, 0.3) is 0 Å². The van der Waals surface area contributed by atoms with E-state index in [4.69, 9.17) is 4.74 Å². The number of carbonyl (C=O) groups is 1. The van der Waals surface area contributed by atoms with Gasteiger partial charge in [0.1, 0.15) is 18.2 Å². The van der Waals surface area contributed by atoms with Gasteiger partial charge in [-0.15, -0.1) is 10.2 Å². The predicted octanol–water partition coefficient (Wildman–Crippen LogP) is 1.23. The Hall–Kier alpha value is -2.32. The Morgan fingerprint density at radius 1 is 1.36 bits per heavy atom. The van der Waals surface area contributed by atoms with Crippen molar-refractivity contribution in [1.29, 1.82) is 0 Å². The summed E-state index contributed by atoms with van der Waals surface area (Å²) >= 11 is 0. The zero-order valence-electron chi connectivity index (χ0n) is 14.0. The first kappa shape index (κ1) is 17.5. The molecule has 1 aromatic carbocycles. The second-order valence-electron chi connectivity index (χ2n) is 6.12. The molecule has 2 aromatic rings. The van der Waals surface area contributed by atoms with Crippen molar-refractivity contribution in [2.75, 3.05) is 13.7 Å². The van der Waals surface area contributed by atoms with E-state index in [-0.39, 0.29) is 30.3 Å². The molecule has 1 fully saturated rings. The second-order valence-corrected chi connectivity index (χ2v) is 6.12. The van der Waals surface area contributed by atoms with Gasteiger partial charge in [0.25, 0.3) is 5.91 Å². The maximum atomic E-state index is 12.9. The highest BCUT2D eigenvalue weighted by atomic mass is 19.1. The van der Waals surface area contributed by atoms with Crippen molar-refractivity contribution in [3.05, 3.63) is 47.3 Å². The molecule has 8 heteroatoms. The molecular formula is C17H21FN4O3. The molecule has 0 aliphatic heterocycles. The molecule has 1 heterocycles. The third kappa shape index (κ3) is 3.85. The topological polar surface area (TPSA) is 89.3 Å². The van der Waals surface area contributed by atoms with Gasteiger partial charge in [-0.3, -0.25) is 4.79 Å². The van der Waals surface area contributed by atoms with Crippen molar-refractivity contribution in [3.63, 3.8) is 0 Å². The van der Waals surface area contributed by atoms with Crippen molar-refractivity contribution in [3.8, 4) is 0 Å². The van der Waals surface area contributed by atoms with Gasteiger partial charge in [-0.1, -0.05) is 0 Å². The van der Waals surface area contributed by atoms with Crippen LogP contribution in [0, 0.1) is 5.82 Å². The number of aliphatic hydroxyl groups is 1. The van der Waals surface area contributed by atoms with E-state index in [0.29, 0.717) is 24.5 Å². The molecule has 1 saturated carbocycles. The fraction of sp³-hybridized carbons (Fsp3) is 0.471. The number of rotatable bonds is 7. The van der Waals surface area contributed by atoms with E-state index >= 15 is 0 Å². The highest BCUT2D eigenvalue weighted by Gasteiger charge is 2.35. The smallest absolute Gasteiger partial charge is 0.251 e. The zero-order valence-corrected chi connectivity index (χ0v) is 14.0. The van der Waals surface area contributed by atoms with Crippen LogP contribution < -0.4 is 5.32 Å². The van der Waals surface area contributed by atoms with E-state index in [1.165, 1.54) is 24.3 Å². The molecule has 0 radical (unpaired) electrons. The molecule has 1 aliphatic rings. The maximum Gasteiger partial charge on any atom is 0.251 e. The maximum absolute atomic E-state index is 12.9. The van der Waals surface area contributed by atoms with Crippen LogP contribution in [0.3, 0.4) is 0 Å². The van der Waals surface area contributed by atoms with Crippen LogP contribution in [0.4, 0.5) is 4.39 Å². The molecule has 25 heavy (non-hydrogen) atoms. The summed E-state index contributed by atoms with van der Waals surface area (Å²) in [6, 6.07) is 5.53. The average Bonchev–Trinajstić information content (AvgIpc) is 2.98. The van der Waals surface area contributed by atoms with Crippen LogP contribution >= 0.6 is 0 Å². The Labute approximate surface area is 144 Å². The Morgan fingerprint density at radius 2 is 2.08 bits per heavy atom. The highest BCUT2D eigenvalue weighted by molar-refractivity contribution is 5.94. The molecular weight excluding hydrogens is 327 g/mol. The summed E-state index contributed by atoms with van der Waals surface area (Å²) in [6.07, 6.45) is 1.51. The first-order valence-electron chi connectivity index (χ1n) is 8.20. The minimum atomic E-state index is -0.365. The molecule has 1 amide bonds. The molecule has 3 rings (SSSR count). The number of nitrogens with one attached hydrogen (secondary N) is 1. The molecule has 134 valence electrons. The molecule has 1 aliphatic carbocycles. The van der Waals surface area contributed by atoms with Gasteiger partial charge < -0.3 is 19.7 Å². The first-order valence-corrected chi connectivity index (χ1v) is 8.20. The lowest BCUT2D eigenvalue weighted by molar-refractivity contribution is 0.0906. The third-order valence-electron chi connectivity index (χ3n) is 4.46. The van der Waals surface area contributed by atoms with E-state index in [9.17, 15) is 14.3 Å². The first-order chi connectivity index (χ1) is 12.1. The summed E-state index contributed by atoms with van der Waals surface area (Å²) in [5.41, 5.74) is 0.440. The fourth-order valence-corrected chi connectivity index (χ4v) is 3.01. The van der Waals surface area contributed by atoms with Gasteiger partial charge in [0, 0.05) is 31.2 Å². The molecule has 7 nitrogen and oxygen atoms in total. The minimum absolute atomic E-state index is 0.0488. The van der Waals surface area contributed by atoms with Crippen molar-refractivity contribution in [2.24, 2.45) is 0 Å². The second kappa shape index (κ2) is 7.71. The quantitative estimate of drug-likeness (QED) is 0.786. The van der Waals surface area contributed by atoms with Crippen molar-refractivity contribution in [2.45, 2.75) is 38.0 Å². The number of benzene rings is 1. The minimum Gasteiger partial charge on any atom is -0.388 e. The Balaban J connectivity index is 1.58. The summed E-state index contributed by atoms with van der Waals surface area (Å²) in [5, 5.41) is 20.5. The molecule has 0 spiro atoms. The van der Waals surface area contributed by atoms with Crippen LogP contribution in [0.5, 0.6) is 0 Å². The number of halogens is 1. The number of carbonyl (C=O) groups excluding carboxylic acids is 1. The van der Waals surface area contributed by atoms with Gasteiger partial charge in [-0.25, -0.2) is 4.39 Å². The monoisotopic (exact) mass is 348 g/mol. The van der Waals surface area contributed by atoms with Gasteiger partial charge in [-0.2, -0.15) is 0 Å². The van der Waals surface area contributed by atoms with Gasteiger partial charge >= 0.3 is 0 Å². The summed E-state index contributed by atoms with van der Waals surface area (Å²) in [7, 11) is 1.62. The number of methoxy groups -OCH3 is 1. The largest absolute Gasteiger partial charge is 0.388 e. The third-order valence-corrected chi connectivity index (χ3v) is 4.46. The molecule has 0 unspecified atom stereocenters. The van der Waals surface area contributed by atoms with E-state index in [2.05, 4.69) is 15.5 Å². The molecule has 0 saturated heterocycles. The number of aromatic nitrogens is 3. The molecule has 0 bridgehead atoms. The van der Waals surface area contributed by atoms with E-state index in [1.54, 1.807) is 7.11 Å². The average molecular weight is 348 g/mol. The van der Waals surface area contributed by atoms with Crippen molar-refractivity contribution >= 4 is 5.91 Å². The predicted molar refractivity (Wildman–Crippen MR) is 87.5 cm³/mol. The van der Waals surface area contributed by atoms with E-state index in [0.717, 1.165) is 18.7 Å². The number of aliphatic hydroxyl groups excluding tert-OH is 1. The Morgan fingerprint density at radius 3 is 2.72 bits per heavy atom. The lowest BCUT2D eigenvalue weighted by Crippen LogP contribution is -2.44. The fourth-order valence-electron chi connectivity index (χ4n) is 3.01. The normalized spacial score (nSPS) is 19.5. The highest BCUT2D eigenvalue weighted by Crippen LogP contribution is 2.36. The van der Waals surface area contributed by atoms with Crippen LogP contribution in [0.1, 0.15) is 40.8 Å². The number of amides is 1. The summed E-state index contributed by atoms with van der Waals surface area (Å²) in [5.74, 6) is 0.943. The molecule has 2 N–H and O–H groups in total. The lowest BCUT2D eigenvalue weighted by Gasteiger charge is -2.35. The van der Waals surface area contributed by atoms with Gasteiger partial charge in [0.15, 0.2) is 5.82 Å². The summed E-state index contributed by atoms with van der Waals surface area (Å²) in [6.45, 7) is 0.918. The standard InChI is InChI=1S/C17H21FN4O3/c1-25-7-6-22-15(10-23)20-21-16(22)12-8-14(9-12)19-17(24)11-2-4-13(18)5-3-11/h2-5,12,14,23H,6-10H2,1H3,(H,19,24). The molecule has 0 atom stereocenters. The Kier molecular flexibility index (Phi) is 5.40. The van der Waals surface area contributed by atoms with Gasteiger partial charge in [0.2, 0.25) is 0 Å². The van der Waals surface area contributed by atoms with Gasteiger partial charge in [0.05, 0.1) is 6.61 Å². The lowest BCUT2D eigenvalue weighted by atomic mass is 9.79.